The van der Waals surface area contributed by atoms with Gasteiger partial charge in [-0.15, -0.1) is 22.7 Å². The Kier molecular flexibility index (Phi) is 5.83. The van der Waals surface area contributed by atoms with Crippen LogP contribution in [0.2, 0.25) is 0 Å². The summed E-state index contributed by atoms with van der Waals surface area (Å²) in [5, 5.41) is 5.72. The molecule has 0 aliphatic rings. The molecule has 2 heterocycles. The molecule has 0 unspecified atom stereocenters. The number of nitrogens with zero attached hydrogens (tertiary/aromatic N) is 1. The summed E-state index contributed by atoms with van der Waals surface area (Å²) in [5.41, 5.74) is 3.57. The van der Waals surface area contributed by atoms with Gasteiger partial charge >= 0.3 is 0 Å². The van der Waals surface area contributed by atoms with E-state index in [0.29, 0.717) is 4.88 Å². The zero-order valence-corrected chi connectivity index (χ0v) is 18.4. The number of thiophene rings is 1. The summed E-state index contributed by atoms with van der Waals surface area (Å²) >= 11 is 3.04. The first-order valence-corrected chi connectivity index (χ1v) is 10.9. The number of nitrogens with one attached hydrogen (secondary N) is 1. The summed E-state index contributed by atoms with van der Waals surface area (Å²) in [7, 11) is 3.28. The number of benzene rings is 2. The molecular formula is C23H20N2O3S2. The van der Waals surface area contributed by atoms with Gasteiger partial charge in [-0.05, 0) is 54.8 Å². The molecule has 0 spiro atoms. The topological polar surface area (TPSA) is 60.5 Å². The Hall–Kier alpha value is -3.16. The van der Waals surface area contributed by atoms with Crippen LogP contribution in [0.5, 0.6) is 11.5 Å². The van der Waals surface area contributed by atoms with Crippen molar-refractivity contribution in [3.8, 4) is 33.3 Å². The van der Waals surface area contributed by atoms with Gasteiger partial charge in [0.1, 0.15) is 16.5 Å². The number of aryl methyl sites for hydroxylation is 1. The van der Waals surface area contributed by atoms with Crippen LogP contribution in [-0.2, 0) is 0 Å². The SMILES string of the molecule is COc1ccc(-c2nc(-c3ccc(NC(=O)c4cccs4)cc3)sc2C)c(OC)c1. The number of aromatic nitrogens is 1. The van der Waals surface area contributed by atoms with Crippen LogP contribution in [-0.4, -0.2) is 25.1 Å². The standard InChI is InChI=1S/C23H20N2O3S2/c1-14-21(18-11-10-17(27-2)13-19(18)28-3)25-23(30-14)15-6-8-16(9-7-15)24-22(26)20-5-4-12-29-20/h4-13H,1-3H3,(H,24,26). The molecule has 0 bridgehead atoms. The maximum absolute atomic E-state index is 12.2. The molecule has 5 nitrogen and oxygen atoms in total. The summed E-state index contributed by atoms with van der Waals surface area (Å²) in [6.07, 6.45) is 0. The van der Waals surface area contributed by atoms with Crippen molar-refractivity contribution < 1.29 is 14.3 Å². The predicted octanol–water partition coefficient (Wildman–Crippen LogP) is 6.12. The number of rotatable bonds is 6. The molecular weight excluding hydrogens is 416 g/mol. The molecule has 152 valence electrons. The minimum Gasteiger partial charge on any atom is -0.497 e. The van der Waals surface area contributed by atoms with Crippen LogP contribution in [0, 0.1) is 6.92 Å². The van der Waals surface area contributed by atoms with Crippen molar-refractivity contribution in [2.75, 3.05) is 19.5 Å². The van der Waals surface area contributed by atoms with E-state index in [1.165, 1.54) is 11.3 Å². The summed E-state index contributed by atoms with van der Waals surface area (Å²) < 4.78 is 10.8. The number of hydrogen-bond acceptors (Lipinski definition) is 6. The molecule has 0 saturated carbocycles. The predicted molar refractivity (Wildman–Crippen MR) is 123 cm³/mol. The third-order valence-corrected chi connectivity index (χ3v) is 6.48. The van der Waals surface area contributed by atoms with Gasteiger partial charge in [-0.25, -0.2) is 4.98 Å². The minimum atomic E-state index is -0.100. The zero-order chi connectivity index (χ0) is 21.1. The maximum atomic E-state index is 12.2. The highest BCUT2D eigenvalue weighted by Gasteiger charge is 2.16. The first kappa shape index (κ1) is 20.1. The van der Waals surface area contributed by atoms with E-state index in [9.17, 15) is 4.79 Å². The number of hydrogen-bond donors (Lipinski definition) is 1. The molecule has 1 N–H and O–H groups in total. The summed E-state index contributed by atoms with van der Waals surface area (Å²) in [5.74, 6) is 1.36. The lowest BCUT2D eigenvalue weighted by atomic mass is 10.1. The normalized spacial score (nSPS) is 10.6. The zero-order valence-electron chi connectivity index (χ0n) is 16.8. The largest absolute Gasteiger partial charge is 0.497 e. The van der Waals surface area contributed by atoms with Crippen LogP contribution in [0.3, 0.4) is 0 Å². The maximum Gasteiger partial charge on any atom is 0.265 e. The molecule has 0 aliphatic carbocycles. The van der Waals surface area contributed by atoms with Gasteiger partial charge in [0.15, 0.2) is 0 Å². The first-order chi connectivity index (χ1) is 14.6. The summed E-state index contributed by atoms with van der Waals surface area (Å²) in [4.78, 5) is 18.9. The van der Waals surface area contributed by atoms with Crippen molar-refractivity contribution in [1.29, 1.82) is 0 Å². The highest BCUT2D eigenvalue weighted by atomic mass is 32.1. The van der Waals surface area contributed by atoms with Crippen molar-refractivity contribution in [3.63, 3.8) is 0 Å². The third kappa shape index (κ3) is 4.08. The second-order valence-corrected chi connectivity index (χ2v) is 8.65. The van der Waals surface area contributed by atoms with E-state index < -0.39 is 0 Å². The fraction of sp³-hybridized carbons (Fsp3) is 0.130. The van der Waals surface area contributed by atoms with Crippen LogP contribution < -0.4 is 14.8 Å². The molecule has 0 aliphatic heterocycles. The number of thiazole rings is 1. The summed E-state index contributed by atoms with van der Waals surface area (Å²) in [6, 6.07) is 17.1. The van der Waals surface area contributed by atoms with Crippen molar-refractivity contribution in [2.45, 2.75) is 6.92 Å². The van der Waals surface area contributed by atoms with Gasteiger partial charge in [0.25, 0.3) is 5.91 Å². The average molecular weight is 437 g/mol. The molecule has 7 heteroatoms. The van der Waals surface area contributed by atoms with Crippen LogP contribution in [0.25, 0.3) is 21.8 Å². The van der Waals surface area contributed by atoms with Crippen LogP contribution in [0.15, 0.2) is 60.0 Å². The number of methoxy groups -OCH3 is 2. The van der Waals surface area contributed by atoms with E-state index in [0.717, 1.165) is 43.9 Å². The molecule has 2 aromatic heterocycles. The molecule has 0 atom stereocenters. The highest BCUT2D eigenvalue weighted by molar-refractivity contribution is 7.15. The number of carbonyl (C=O) groups is 1. The van der Waals surface area contributed by atoms with E-state index in [1.807, 2.05) is 60.0 Å². The Morgan fingerprint density at radius 2 is 1.83 bits per heavy atom. The van der Waals surface area contributed by atoms with Crippen molar-refractivity contribution in [2.24, 2.45) is 0 Å². The molecule has 4 rings (SSSR count). The monoisotopic (exact) mass is 436 g/mol. The lowest BCUT2D eigenvalue weighted by molar-refractivity contribution is 0.103. The number of ether oxygens (including phenoxy) is 2. The van der Waals surface area contributed by atoms with Gasteiger partial charge in [0.2, 0.25) is 0 Å². The third-order valence-electron chi connectivity index (χ3n) is 4.60. The van der Waals surface area contributed by atoms with E-state index in [4.69, 9.17) is 14.5 Å². The fourth-order valence-electron chi connectivity index (χ4n) is 3.06. The molecule has 1 amide bonds. The average Bonchev–Trinajstić information content (AvgIpc) is 3.44. The Labute approximate surface area is 183 Å². The van der Waals surface area contributed by atoms with E-state index in [1.54, 1.807) is 25.6 Å². The number of carbonyl (C=O) groups excluding carboxylic acids is 1. The van der Waals surface area contributed by atoms with Gasteiger partial charge in [0.05, 0.1) is 24.8 Å². The van der Waals surface area contributed by atoms with Crippen LogP contribution in [0.4, 0.5) is 5.69 Å². The lowest BCUT2D eigenvalue weighted by Gasteiger charge is -2.09. The molecule has 30 heavy (non-hydrogen) atoms. The highest BCUT2D eigenvalue weighted by Crippen LogP contribution is 2.39. The quantitative estimate of drug-likeness (QED) is 0.396. The van der Waals surface area contributed by atoms with E-state index in [2.05, 4.69) is 12.2 Å². The van der Waals surface area contributed by atoms with Crippen molar-refractivity contribution in [3.05, 3.63) is 69.7 Å². The second-order valence-electron chi connectivity index (χ2n) is 6.50. The van der Waals surface area contributed by atoms with Gasteiger partial charge in [-0.1, -0.05) is 6.07 Å². The van der Waals surface area contributed by atoms with Gasteiger partial charge in [-0.2, -0.15) is 0 Å². The van der Waals surface area contributed by atoms with Gasteiger partial charge in [0, 0.05) is 27.8 Å². The van der Waals surface area contributed by atoms with Crippen molar-refractivity contribution >= 4 is 34.3 Å². The smallest absolute Gasteiger partial charge is 0.265 e. The molecule has 4 aromatic rings. The Bertz CT molecular complexity index is 1170. The van der Waals surface area contributed by atoms with Crippen molar-refractivity contribution in [1.82, 2.24) is 4.98 Å². The first-order valence-electron chi connectivity index (χ1n) is 9.24. The van der Waals surface area contributed by atoms with Crippen LogP contribution >= 0.6 is 22.7 Å². The number of anilines is 1. The second kappa shape index (κ2) is 8.69. The van der Waals surface area contributed by atoms with Gasteiger partial charge in [-0.3, -0.25) is 4.79 Å². The number of amides is 1. The van der Waals surface area contributed by atoms with Crippen LogP contribution in [0.1, 0.15) is 14.5 Å². The molecule has 0 saturated heterocycles. The fourth-order valence-corrected chi connectivity index (χ4v) is 4.61. The lowest BCUT2D eigenvalue weighted by Crippen LogP contribution is -2.09. The minimum absolute atomic E-state index is 0.100. The van der Waals surface area contributed by atoms with Gasteiger partial charge < -0.3 is 14.8 Å². The molecule has 0 fully saturated rings. The summed E-state index contributed by atoms with van der Waals surface area (Å²) in [6.45, 7) is 2.05. The van der Waals surface area contributed by atoms with E-state index in [-0.39, 0.29) is 5.91 Å². The Morgan fingerprint density at radius 1 is 1.03 bits per heavy atom. The Balaban J connectivity index is 1.58. The Morgan fingerprint density at radius 3 is 2.50 bits per heavy atom. The molecule has 2 aromatic carbocycles. The van der Waals surface area contributed by atoms with E-state index >= 15 is 0 Å². The molecule has 0 radical (unpaired) electrons.